The lowest BCUT2D eigenvalue weighted by atomic mass is 9.77. The third-order valence-corrected chi connectivity index (χ3v) is 4.85. The maximum atomic E-state index is 5.70. The van der Waals surface area contributed by atoms with E-state index in [4.69, 9.17) is 9.47 Å². The molecule has 2 atom stereocenters. The molecule has 0 saturated carbocycles. The highest BCUT2D eigenvalue weighted by atomic mass is 16.7. The Morgan fingerprint density at radius 1 is 1.20 bits per heavy atom. The van der Waals surface area contributed by atoms with E-state index in [9.17, 15) is 0 Å². The van der Waals surface area contributed by atoms with Crippen LogP contribution in [0.25, 0.3) is 0 Å². The lowest BCUT2D eigenvalue weighted by Gasteiger charge is -2.39. The number of rotatable bonds is 4. The molecule has 3 rings (SSSR count). The summed E-state index contributed by atoms with van der Waals surface area (Å²) >= 11 is 0. The van der Waals surface area contributed by atoms with Crippen molar-refractivity contribution in [1.82, 2.24) is 4.90 Å². The molecule has 0 unspecified atom stereocenters. The molecule has 3 nitrogen and oxygen atoms in total. The summed E-state index contributed by atoms with van der Waals surface area (Å²) in [6.07, 6.45) is 4.71. The van der Waals surface area contributed by atoms with Crippen molar-refractivity contribution in [3.63, 3.8) is 0 Å². The number of likely N-dealkylation sites (N-methyl/N-ethyl adjacent to an activating group) is 1. The fourth-order valence-corrected chi connectivity index (χ4v) is 3.73. The average Bonchev–Trinajstić information content (AvgIpc) is 2.94. The lowest BCUT2D eigenvalue weighted by Crippen LogP contribution is -2.43. The van der Waals surface area contributed by atoms with Gasteiger partial charge in [0.05, 0.1) is 0 Å². The lowest BCUT2D eigenvalue weighted by molar-refractivity contribution is 0.155. The quantitative estimate of drug-likeness (QED) is 0.842. The number of hydrogen-bond acceptors (Lipinski definition) is 3. The van der Waals surface area contributed by atoms with Crippen molar-refractivity contribution in [3.8, 4) is 11.5 Å². The van der Waals surface area contributed by atoms with Gasteiger partial charge in [0.2, 0.25) is 6.79 Å². The molecule has 110 valence electrons. The zero-order chi connectivity index (χ0) is 14.1. The average molecular weight is 275 g/mol. The van der Waals surface area contributed by atoms with Gasteiger partial charge in [-0.25, -0.2) is 0 Å². The van der Waals surface area contributed by atoms with Crippen LogP contribution >= 0.6 is 0 Å². The van der Waals surface area contributed by atoms with E-state index in [1.54, 1.807) is 0 Å². The Bertz CT molecular complexity index is 486. The molecule has 1 aliphatic carbocycles. The van der Waals surface area contributed by atoms with E-state index in [1.165, 1.54) is 30.5 Å². The van der Waals surface area contributed by atoms with Crippen LogP contribution in [0.2, 0.25) is 0 Å². The Kier molecular flexibility index (Phi) is 3.88. The Labute approximate surface area is 121 Å². The fourth-order valence-electron chi connectivity index (χ4n) is 3.73. The number of hydrogen-bond donors (Lipinski definition) is 0. The molecule has 0 saturated heterocycles. The normalized spacial score (nSPS) is 24.0. The van der Waals surface area contributed by atoms with Crippen molar-refractivity contribution >= 4 is 0 Å². The standard InChI is InChI=1S/C17H25NO2/c1-4-8-18(3)15-10-13-6-7-16-17(20-11-19-16)14(13)9-12(15)5-2/h6-7,12,15H,4-5,8-11H2,1-3H3/t12-,15-/m1/s1. The van der Waals surface area contributed by atoms with Crippen LogP contribution in [0.4, 0.5) is 0 Å². The van der Waals surface area contributed by atoms with Crippen LogP contribution in [0.15, 0.2) is 12.1 Å². The summed E-state index contributed by atoms with van der Waals surface area (Å²) in [7, 11) is 2.27. The van der Waals surface area contributed by atoms with E-state index < -0.39 is 0 Å². The third-order valence-electron chi connectivity index (χ3n) is 4.85. The molecule has 0 aromatic heterocycles. The van der Waals surface area contributed by atoms with Gasteiger partial charge in [0, 0.05) is 11.6 Å². The molecule has 0 amide bonds. The smallest absolute Gasteiger partial charge is 0.231 e. The second-order valence-electron chi connectivity index (χ2n) is 6.06. The predicted octanol–water partition coefficient (Wildman–Crippen LogP) is 3.25. The van der Waals surface area contributed by atoms with Crippen molar-refractivity contribution < 1.29 is 9.47 Å². The van der Waals surface area contributed by atoms with Crippen molar-refractivity contribution in [2.75, 3.05) is 20.4 Å². The van der Waals surface area contributed by atoms with Crippen LogP contribution in [0.1, 0.15) is 37.8 Å². The summed E-state index contributed by atoms with van der Waals surface area (Å²) in [5, 5.41) is 0. The van der Waals surface area contributed by atoms with Crippen LogP contribution in [0.5, 0.6) is 11.5 Å². The molecule has 1 aromatic carbocycles. The Morgan fingerprint density at radius 2 is 2.05 bits per heavy atom. The predicted molar refractivity (Wildman–Crippen MR) is 80.5 cm³/mol. The Balaban J connectivity index is 1.90. The fraction of sp³-hybridized carbons (Fsp3) is 0.647. The van der Waals surface area contributed by atoms with Gasteiger partial charge in [-0.2, -0.15) is 0 Å². The molecule has 2 aliphatic rings. The van der Waals surface area contributed by atoms with Crippen LogP contribution in [-0.2, 0) is 12.8 Å². The van der Waals surface area contributed by atoms with Gasteiger partial charge in [0.25, 0.3) is 0 Å². The highest BCUT2D eigenvalue weighted by molar-refractivity contribution is 5.53. The van der Waals surface area contributed by atoms with Crippen LogP contribution < -0.4 is 9.47 Å². The summed E-state index contributed by atoms with van der Waals surface area (Å²) in [6, 6.07) is 4.97. The molecular formula is C17H25NO2. The maximum Gasteiger partial charge on any atom is 0.231 e. The molecular weight excluding hydrogens is 250 g/mol. The first-order chi connectivity index (χ1) is 9.74. The monoisotopic (exact) mass is 275 g/mol. The molecule has 1 aliphatic heterocycles. The minimum absolute atomic E-state index is 0.377. The van der Waals surface area contributed by atoms with Gasteiger partial charge in [-0.1, -0.05) is 26.3 Å². The summed E-state index contributed by atoms with van der Waals surface area (Å²) in [5.74, 6) is 2.66. The number of fused-ring (bicyclic) bond motifs is 3. The first-order valence-corrected chi connectivity index (χ1v) is 7.85. The first-order valence-electron chi connectivity index (χ1n) is 7.85. The van der Waals surface area contributed by atoms with Gasteiger partial charge in [0.15, 0.2) is 11.5 Å². The highest BCUT2D eigenvalue weighted by Gasteiger charge is 2.33. The topological polar surface area (TPSA) is 21.7 Å². The van der Waals surface area contributed by atoms with Crippen molar-refractivity contribution in [2.45, 2.75) is 45.6 Å². The number of nitrogens with zero attached hydrogens (tertiary/aromatic N) is 1. The highest BCUT2D eigenvalue weighted by Crippen LogP contribution is 2.43. The van der Waals surface area contributed by atoms with Crippen LogP contribution in [0.3, 0.4) is 0 Å². The molecule has 0 bridgehead atoms. The number of benzene rings is 1. The summed E-state index contributed by atoms with van der Waals surface area (Å²) < 4.78 is 11.2. The largest absolute Gasteiger partial charge is 0.454 e. The third kappa shape index (κ3) is 2.28. The van der Waals surface area contributed by atoms with Crippen LogP contribution in [-0.4, -0.2) is 31.3 Å². The molecule has 0 spiro atoms. The summed E-state index contributed by atoms with van der Waals surface area (Å²) in [6.45, 7) is 6.12. The molecule has 0 N–H and O–H groups in total. The van der Waals surface area contributed by atoms with E-state index in [0.717, 1.165) is 30.3 Å². The van der Waals surface area contributed by atoms with Crippen LogP contribution in [0, 0.1) is 5.92 Å². The second kappa shape index (κ2) is 5.65. The van der Waals surface area contributed by atoms with E-state index in [-0.39, 0.29) is 0 Å². The SMILES string of the molecule is CCCN(C)[C@@H]1Cc2ccc3c(c2C[C@H]1CC)OCO3. The summed E-state index contributed by atoms with van der Waals surface area (Å²) in [5.41, 5.74) is 2.85. The van der Waals surface area contributed by atoms with Gasteiger partial charge in [-0.05, 0) is 50.4 Å². The van der Waals surface area contributed by atoms with Gasteiger partial charge in [0.1, 0.15) is 0 Å². The summed E-state index contributed by atoms with van der Waals surface area (Å²) in [4.78, 5) is 2.54. The minimum Gasteiger partial charge on any atom is -0.454 e. The molecule has 1 aromatic rings. The van der Waals surface area contributed by atoms with E-state index in [1.807, 2.05) is 0 Å². The van der Waals surface area contributed by atoms with Crippen molar-refractivity contribution in [2.24, 2.45) is 5.92 Å². The van der Waals surface area contributed by atoms with Gasteiger partial charge >= 0.3 is 0 Å². The Hall–Kier alpha value is -1.22. The maximum absolute atomic E-state index is 5.70. The second-order valence-corrected chi connectivity index (χ2v) is 6.06. The molecule has 20 heavy (non-hydrogen) atoms. The zero-order valence-electron chi connectivity index (χ0n) is 12.8. The zero-order valence-corrected chi connectivity index (χ0v) is 12.8. The minimum atomic E-state index is 0.377. The van der Waals surface area contributed by atoms with Gasteiger partial charge in [-0.15, -0.1) is 0 Å². The van der Waals surface area contributed by atoms with Crippen molar-refractivity contribution in [1.29, 1.82) is 0 Å². The molecule has 3 heteroatoms. The van der Waals surface area contributed by atoms with Gasteiger partial charge in [-0.3, -0.25) is 0 Å². The van der Waals surface area contributed by atoms with E-state index >= 15 is 0 Å². The van der Waals surface area contributed by atoms with E-state index in [0.29, 0.717) is 12.8 Å². The van der Waals surface area contributed by atoms with Crippen molar-refractivity contribution in [3.05, 3.63) is 23.3 Å². The van der Waals surface area contributed by atoms with Gasteiger partial charge < -0.3 is 14.4 Å². The Morgan fingerprint density at radius 3 is 2.80 bits per heavy atom. The molecule has 0 radical (unpaired) electrons. The molecule has 0 fully saturated rings. The molecule has 1 heterocycles. The first kappa shape index (κ1) is 13.7. The van der Waals surface area contributed by atoms with E-state index in [2.05, 4.69) is 37.9 Å². The number of ether oxygens (including phenoxy) is 2.